The molecule has 2 aromatic rings. The Morgan fingerprint density at radius 2 is 1.88 bits per heavy atom. The maximum Gasteiger partial charge on any atom is 0.269 e. The van der Waals surface area contributed by atoms with Crippen molar-refractivity contribution in [3.05, 3.63) is 52.9 Å². The van der Waals surface area contributed by atoms with Crippen LogP contribution in [0.15, 0.2) is 29.3 Å². The predicted octanol–water partition coefficient (Wildman–Crippen LogP) is 2.65. The molecule has 33 heavy (non-hydrogen) atoms. The maximum absolute atomic E-state index is 15.2. The molecule has 0 spiro atoms. The summed E-state index contributed by atoms with van der Waals surface area (Å²) in [4.78, 5) is 36.2. The summed E-state index contributed by atoms with van der Waals surface area (Å²) >= 11 is 0. The zero-order chi connectivity index (χ0) is 23.1. The summed E-state index contributed by atoms with van der Waals surface area (Å²) in [5, 5.41) is 2.43. The molecule has 9 heteroatoms. The highest BCUT2D eigenvalue weighted by Gasteiger charge is 2.35. The second-order valence-corrected chi connectivity index (χ2v) is 8.76. The van der Waals surface area contributed by atoms with Crippen LogP contribution in [0.25, 0.3) is 0 Å². The summed E-state index contributed by atoms with van der Waals surface area (Å²) in [6, 6.07) is 6.64. The van der Waals surface area contributed by atoms with Crippen LogP contribution in [-0.2, 0) is 17.8 Å². The maximum atomic E-state index is 15.2. The number of benzene rings is 1. The van der Waals surface area contributed by atoms with Crippen molar-refractivity contribution in [2.24, 2.45) is 10.9 Å². The van der Waals surface area contributed by atoms with Crippen LogP contribution in [0.1, 0.15) is 34.5 Å². The third-order valence-corrected chi connectivity index (χ3v) is 6.52. The van der Waals surface area contributed by atoms with Gasteiger partial charge in [0.1, 0.15) is 11.5 Å². The second-order valence-electron chi connectivity index (χ2n) is 8.76. The van der Waals surface area contributed by atoms with E-state index in [4.69, 9.17) is 0 Å². The summed E-state index contributed by atoms with van der Waals surface area (Å²) in [5.41, 5.74) is 2.51. The van der Waals surface area contributed by atoms with Crippen LogP contribution >= 0.6 is 0 Å². The number of nitrogens with zero attached hydrogens (tertiary/aromatic N) is 4. The number of piperazine rings is 1. The minimum absolute atomic E-state index is 0.0346. The number of ketones is 1. The van der Waals surface area contributed by atoms with Gasteiger partial charge in [-0.2, -0.15) is 4.39 Å². The molecule has 2 aliphatic heterocycles. The molecule has 1 amide bonds. The molecule has 0 unspecified atom stereocenters. The number of aromatic nitrogens is 1. The fourth-order valence-electron chi connectivity index (χ4n) is 4.48. The van der Waals surface area contributed by atoms with E-state index in [1.807, 2.05) is 11.0 Å². The Kier molecular flexibility index (Phi) is 5.65. The quantitative estimate of drug-likeness (QED) is 0.705. The number of hydrogen-bond donors (Lipinski definition) is 1. The smallest absolute Gasteiger partial charge is 0.269 e. The summed E-state index contributed by atoms with van der Waals surface area (Å²) in [5.74, 6) is -1.27. The highest BCUT2D eigenvalue weighted by Crippen LogP contribution is 2.37. The number of hydrogen-bond acceptors (Lipinski definition) is 6. The third-order valence-electron chi connectivity index (χ3n) is 6.52. The van der Waals surface area contributed by atoms with E-state index in [9.17, 15) is 14.0 Å². The number of carbonyl (C=O) groups is 2. The zero-order valence-corrected chi connectivity index (χ0v) is 18.4. The van der Waals surface area contributed by atoms with Gasteiger partial charge in [-0.25, -0.2) is 14.4 Å². The Labute approximate surface area is 190 Å². The van der Waals surface area contributed by atoms with Crippen molar-refractivity contribution in [2.75, 3.05) is 38.1 Å². The first-order chi connectivity index (χ1) is 15.9. The summed E-state index contributed by atoms with van der Waals surface area (Å²) < 4.78 is 29.7. The van der Waals surface area contributed by atoms with Crippen LogP contribution < -0.4 is 10.2 Å². The van der Waals surface area contributed by atoms with E-state index >= 15 is 4.39 Å². The van der Waals surface area contributed by atoms with Gasteiger partial charge in [-0.1, -0.05) is 6.07 Å². The van der Waals surface area contributed by atoms with Crippen LogP contribution in [0, 0.1) is 17.7 Å². The molecule has 0 bridgehead atoms. The van der Waals surface area contributed by atoms with Gasteiger partial charge < -0.3 is 10.2 Å². The average Bonchev–Trinajstić information content (AvgIpc) is 3.66. The fraction of sp³-hybridized carbons (Fsp3) is 0.417. The summed E-state index contributed by atoms with van der Waals surface area (Å²) in [7, 11) is 1.47. The van der Waals surface area contributed by atoms with E-state index in [2.05, 4.69) is 20.2 Å². The number of nitrogens with one attached hydrogen (secondary N) is 1. The Balaban J connectivity index is 1.25. The first kappa shape index (κ1) is 21.6. The molecule has 1 aromatic heterocycles. The number of carbonyl (C=O) groups excluding carboxylic acids is 2. The fourth-order valence-corrected chi connectivity index (χ4v) is 4.48. The number of aliphatic imine (C=N–C) groups is 1. The molecule has 2 fully saturated rings. The Bertz CT molecular complexity index is 1150. The van der Waals surface area contributed by atoms with Crippen molar-refractivity contribution >= 4 is 28.8 Å². The lowest BCUT2D eigenvalue weighted by atomic mass is 9.95. The van der Waals surface area contributed by atoms with Gasteiger partial charge in [-0.3, -0.25) is 14.5 Å². The Hall–Kier alpha value is -3.20. The van der Waals surface area contributed by atoms with Crippen molar-refractivity contribution in [3.63, 3.8) is 0 Å². The highest BCUT2D eigenvalue weighted by atomic mass is 19.1. The van der Waals surface area contributed by atoms with Crippen molar-refractivity contribution in [2.45, 2.75) is 25.8 Å². The lowest BCUT2D eigenvalue weighted by Gasteiger charge is -2.36. The monoisotopic (exact) mass is 453 g/mol. The van der Waals surface area contributed by atoms with Crippen LogP contribution in [0.5, 0.6) is 0 Å². The summed E-state index contributed by atoms with van der Waals surface area (Å²) in [6.45, 7) is 2.76. The Morgan fingerprint density at radius 1 is 1.12 bits per heavy atom. The van der Waals surface area contributed by atoms with Gasteiger partial charge in [0.25, 0.3) is 5.91 Å². The number of anilines is 1. The van der Waals surface area contributed by atoms with Gasteiger partial charge >= 0.3 is 0 Å². The van der Waals surface area contributed by atoms with E-state index in [-0.39, 0.29) is 29.6 Å². The minimum atomic E-state index is -0.680. The normalized spacial score (nSPS) is 18.7. The topological polar surface area (TPSA) is 77.9 Å². The van der Waals surface area contributed by atoms with Gasteiger partial charge in [0.15, 0.2) is 5.78 Å². The summed E-state index contributed by atoms with van der Waals surface area (Å²) in [6.07, 6.45) is 2.06. The molecule has 1 aliphatic carbocycles. The molecule has 1 saturated carbocycles. The van der Waals surface area contributed by atoms with E-state index < -0.39 is 11.9 Å². The third kappa shape index (κ3) is 4.25. The number of halogens is 2. The molecule has 3 heterocycles. The van der Waals surface area contributed by atoms with Crippen LogP contribution in [-0.4, -0.2) is 60.5 Å². The van der Waals surface area contributed by atoms with Gasteiger partial charge in [-0.15, -0.1) is 0 Å². The standard InChI is InChI=1S/C24H25F2N5O2/c1-27-24(33)18-6-7-19(23(26)29-18)31-10-8-30(9-11-31)13-15-4-5-17-16(21(15)25)12-20(32)22(28-17)14-2-3-14/h4-7,14H,2-3,8-13H2,1H3,(H,27,33). The second kappa shape index (κ2) is 8.62. The van der Waals surface area contributed by atoms with Crippen molar-refractivity contribution < 1.29 is 18.4 Å². The lowest BCUT2D eigenvalue weighted by molar-refractivity contribution is -0.112. The van der Waals surface area contributed by atoms with Gasteiger partial charge in [0.2, 0.25) is 5.95 Å². The molecule has 1 N–H and O–H groups in total. The van der Waals surface area contributed by atoms with Crippen LogP contribution in [0.3, 0.4) is 0 Å². The van der Waals surface area contributed by atoms with Crippen LogP contribution in [0.2, 0.25) is 0 Å². The van der Waals surface area contributed by atoms with Crippen molar-refractivity contribution in [1.29, 1.82) is 0 Å². The van der Waals surface area contributed by atoms with Crippen LogP contribution in [0.4, 0.5) is 20.2 Å². The number of fused-ring (bicyclic) bond motifs is 1. The van der Waals surface area contributed by atoms with Crippen molar-refractivity contribution in [3.8, 4) is 0 Å². The highest BCUT2D eigenvalue weighted by molar-refractivity contribution is 6.43. The van der Waals surface area contributed by atoms with E-state index in [1.165, 1.54) is 13.1 Å². The molecule has 7 nitrogen and oxygen atoms in total. The van der Waals surface area contributed by atoms with Gasteiger partial charge in [-0.05, 0) is 31.0 Å². The van der Waals surface area contributed by atoms with E-state index in [1.54, 1.807) is 12.1 Å². The molecule has 172 valence electrons. The minimum Gasteiger partial charge on any atom is -0.365 e. The number of amides is 1. The molecule has 1 saturated heterocycles. The molecule has 0 atom stereocenters. The molecule has 1 aromatic carbocycles. The number of rotatable bonds is 5. The lowest BCUT2D eigenvalue weighted by Crippen LogP contribution is -2.46. The van der Waals surface area contributed by atoms with E-state index in [0.717, 1.165) is 12.8 Å². The molecular weight excluding hydrogens is 428 g/mol. The number of Topliss-reactive ketones (excluding diaryl/α,β-unsaturated/α-hetero) is 1. The molecule has 0 radical (unpaired) electrons. The first-order valence-electron chi connectivity index (χ1n) is 11.2. The number of pyridine rings is 1. The van der Waals surface area contributed by atoms with Gasteiger partial charge in [0.05, 0.1) is 17.1 Å². The van der Waals surface area contributed by atoms with E-state index in [0.29, 0.717) is 60.9 Å². The van der Waals surface area contributed by atoms with Gasteiger partial charge in [0, 0.05) is 63.2 Å². The zero-order valence-electron chi connectivity index (χ0n) is 18.4. The average molecular weight is 453 g/mol. The SMILES string of the molecule is CNC(=O)c1ccc(N2CCN(Cc3ccc4c(c3F)CC(=O)C(C3CC3)=N4)CC2)c(F)n1. The molecule has 5 rings (SSSR count). The van der Waals surface area contributed by atoms with Crippen molar-refractivity contribution in [1.82, 2.24) is 15.2 Å². The Morgan fingerprint density at radius 3 is 2.55 bits per heavy atom. The first-order valence-corrected chi connectivity index (χ1v) is 11.2. The molecular formula is C24H25F2N5O2. The largest absolute Gasteiger partial charge is 0.365 e. The predicted molar refractivity (Wildman–Crippen MR) is 120 cm³/mol. The molecule has 3 aliphatic rings.